The molecule has 1 aliphatic heterocycles. The third-order valence-corrected chi connectivity index (χ3v) is 3.77. The third-order valence-electron chi connectivity index (χ3n) is 3.77. The molecule has 5 nitrogen and oxygen atoms in total. The zero-order chi connectivity index (χ0) is 13.8. The van der Waals surface area contributed by atoms with Gasteiger partial charge in [0, 0.05) is 25.6 Å². The van der Waals surface area contributed by atoms with Crippen molar-refractivity contribution in [3.8, 4) is 0 Å². The fraction of sp³-hybridized carbons (Fsp3) is 0.467. The Morgan fingerprint density at radius 1 is 1.45 bits per heavy atom. The molecule has 1 unspecified atom stereocenters. The molecule has 1 aromatic carbocycles. The maximum Gasteiger partial charge on any atom is 0.222 e. The number of nitrogens with zero attached hydrogens (tertiary/aromatic N) is 2. The number of carbonyl (C=O) groups excluding carboxylic acids is 1. The number of hydrogen-bond acceptors (Lipinski definition) is 3. The molecule has 1 amide bonds. The summed E-state index contributed by atoms with van der Waals surface area (Å²) in [5.74, 6) is 0.122. The monoisotopic (exact) mass is 272 g/mol. The van der Waals surface area contributed by atoms with Crippen molar-refractivity contribution in [3.05, 3.63) is 30.6 Å². The molecule has 0 saturated carbocycles. The van der Waals surface area contributed by atoms with E-state index in [9.17, 15) is 4.79 Å². The molecule has 2 aromatic rings. The summed E-state index contributed by atoms with van der Waals surface area (Å²) >= 11 is 0. The topological polar surface area (TPSA) is 59.0 Å². The van der Waals surface area contributed by atoms with E-state index < -0.39 is 0 Å². The number of aryl methyl sites for hydroxylation is 1. The molecule has 0 bridgehead atoms. The molecule has 5 heteroatoms. The van der Waals surface area contributed by atoms with Crippen LogP contribution in [0.15, 0.2) is 30.6 Å². The van der Waals surface area contributed by atoms with Crippen LogP contribution in [-0.4, -0.2) is 34.6 Å². The van der Waals surface area contributed by atoms with E-state index in [0.717, 1.165) is 37.0 Å². The van der Waals surface area contributed by atoms with E-state index in [0.29, 0.717) is 13.0 Å². The molecule has 20 heavy (non-hydrogen) atoms. The van der Waals surface area contributed by atoms with E-state index in [-0.39, 0.29) is 11.9 Å². The summed E-state index contributed by atoms with van der Waals surface area (Å²) in [4.78, 5) is 16.3. The maximum absolute atomic E-state index is 12.0. The van der Waals surface area contributed by atoms with Crippen LogP contribution in [-0.2, 0) is 11.3 Å². The second-order valence-corrected chi connectivity index (χ2v) is 5.29. The number of aromatic nitrogens is 2. The van der Waals surface area contributed by atoms with E-state index in [1.54, 1.807) is 6.33 Å². The zero-order valence-corrected chi connectivity index (χ0v) is 11.5. The molecule has 1 aromatic heterocycles. The summed E-state index contributed by atoms with van der Waals surface area (Å²) in [5.41, 5.74) is 2.06. The van der Waals surface area contributed by atoms with Gasteiger partial charge in [-0.15, -0.1) is 0 Å². The van der Waals surface area contributed by atoms with Gasteiger partial charge in [0.1, 0.15) is 0 Å². The Balaban J connectivity index is 1.54. The van der Waals surface area contributed by atoms with Crippen LogP contribution in [0.1, 0.15) is 19.3 Å². The Labute approximate surface area is 118 Å². The molecule has 1 fully saturated rings. The highest BCUT2D eigenvalue weighted by Crippen LogP contribution is 2.12. The SMILES string of the molecule is O=C(CCn1cnc2ccccc21)NC1CCCNC1. The molecule has 0 radical (unpaired) electrons. The van der Waals surface area contributed by atoms with Gasteiger partial charge in [-0.3, -0.25) is 4.79 Å². The highest BCUT2D eigenvalue weighted by Gasteiger charge is 2.15. The van der Waals surface area contributed by atoms with Crippen molar-refractivity contribution in [1.82, 2.24) is 20.2 Å². The number of rotatable bonds is 4. The number of para-hydroxylation sites is 2. The molecular weight excluding hydrogens is 252 g/mol. The van der Waals surface area contributed by atoms with Crippen LogP contribution in [0.2, 0.25) is 0 Å². The molecule has 0 spiro atoms. The number of amides is 1. The van der Waals surface area contributed by atoms with Gasteiger partial charge in [0.05, 0.1) is 17.4 Å². The number of benzene rings is 1. The minimum atomic E-state index is 0.122. The second-order valence-electron chi connectivity index (χ2n) is 5.29. The Morgan fingerprint density at radius 3 is 3.20 bits per heavy atom. The molecule has 2 heterocycles. The Hall–Kier alpha value is -1.88. The number of nitrogens with one attached hydrogen (secondary N) is 2. The normalized spacial score (nSPS) is 19.1. The maximum atomic E-state index is 12.0. The van der Waals surface area contributed by atoms with Gasteiger partial charge in [-0.05, 0) is 31.5 Å². The Kier molecular flexibility index (Phi) is 3.97. The van der Waals surface area contributed by atoms with Crippen molar-refractivity contribution in [2.24, 2.45) is 0 Å². The average Bonchev–Trinajstić information content (AvgIpc) is 2.89. The molecular formula is C15H20N4O. The van der Waals surface area contributed by atoms with Crippen LogP contribution >= 0.6 is 0 Å². The predicted molar refractivity (Wildman–Crippen MR) is 78.4 cm³/mol. The molecule has 1 saturated heterocycles. The minimum Gasteiger partial charge on any atom is -0.352 e. The lowest BCUT2D eigenvalue weighted by atomic mass is 10.1. The van der Waals surface area contributed by atoms with Crippen molar-refractivity contribution < 1.29 is 4.79 Å². The van der Waals surface area contributed by atoms with Crippen LogP contribution in [0.3, 0.4) is 0 Å². The predicted octanol–water partition coefficient (Wildman–Crippen LogP) is 1.29. The highest BCUT2D eigenvalue weighted by molar-refractivity contribution is 5.77. The number of hydrogen-bond donors (Lipinski definition) is 2. The van der Waals surface area contributed by atoms with E-state index in [1.807, 2.05) is 28.8 Å². The number of fused-ring (bicyclic) bond motifs is 1. The lowest BCUT2D eigenvalue weighted by Crippen LogP contribution is -2.45. The van der Waals surface area contributed by atoms with Crippen LogP contribution in [0.25, 0.3) is 11.0 Å². The molecule has 106 valence electrons. The molecule has 1 aliphatic rings. The van der Waals surface area contributed by atoms with Gasteiger partial charge < -0.3 is 15.2 Å². The van der Waals surface area contributed by atoms with Crippen molar-refractivity contribution in [3.63, 3.8) is 0 Å². The van der Waals surface area contributed by atoms with Gasteiger partial charge in [-0.25, -0.2) is 4.98 Å². The summed E-state index contributed by atoms with van der Waals surface area (Å²) in [6.07, 6.45) is 4.51. The minimum absolute atomic E-state index is 0.122. The number of carbonyl (C=O) groups is 1. The number of imidazole rings is 1. The Bertz CT molecular complexity index is 586. The fourth-order valence-electron chi connectivity index (χ4n) is 2.69. The largest absolute Gasteiger partial charge is 0.352 e. The van der Waals surface area contributed by atoms with Gasteiger partial charge in [0.15, 0.2) is 0 Å². The first-order valence-corrected chi connectivity index (χ1v) is 7.23. The van der Waals surface area contributed by atoms with Gasteiger partial charge >= 0.3 is 0 Å². The van der Waals surface area contributed by atoms with E-state index >= 15 is 0 Å². The molecule has 1 atom stereocenters. The first kappa shape index (κ1) is 13.1. The summed E-state index contributed by atoms with van der Waals surface area (Å²) in [5, 5.41) is 6.40. The second kappa shape index (κ2) is 6.05. The van der Waals surface area contributed by atoms with E-state index in [1.165, 1.54) is 0 Å². The fourth-order valence-corrected chi connectivity index (χ4v) is 2.69. The summed E-state index contributed by atoms with van der Waals surface area (Å²) in [6.45, 7) is 2.62. The lowest BCUT2D eigenvalue weighted by Gasteiger charge is -2.23. The van der Waals surface area contributed by atoms with Crippen molar-refractivity contribution in [2.75, 3.05) is 13.1 Å². The smallest absolute Gasteiger partial charge is 0.222 e. The summed E-state index contributed by atoms with van der Waals surface area (Å²) < 4.78 is 2.04. The van der Waals surface area contributed by atoms with E-state index in [2.05, 4.69) is 15.6 Å². The van der Waals surface area contributed by atoms with Crippen LogP contribution in [0.5, 0.6) is 0 Å². The van der Waals surface area contributed by atoms with Crippen molar-refractivity contribution in [1.29, 1.82) is 0 Å². The molecule has 2 N–H and O–H groups in total. The summed E-state index contributed by atoms with van der Waals surface area (Å²) in [6, 6.07) is 8.28. The first-order chi connectivity index (χ1) is 9.83. The van der Waals surface area contributed by atoms with Gasteiger partial charge in [0.2, 0.25) is 5.91 Å². The zero-order valence-electron chi connectivity index (χ0n) is 11.5. The summed E-state index contributed by atoms with van der Waals surface area (Å²) in [7, 11) is 0. The van der Waals surface area contributed by atoms with Crippen LogP contribution in [0, 0.1) is 0 Å². The Morgan fingerprint density at radius 2 is 2.35 bits per heavy atom. The van der Waals surface area contributed by atoms with Crippen LogP contribution < -0.4 is 10.6 Å². The van der Waals surface area contributed by atoms with Crippen molar-refractivity contribution >= 4 is 16.9 Å². The first-order valence-electron chi connectivity index (χ1n) is 7.23. The van der Waals surface area contributed by atoms with E-state index in [4.69, 9.17) is 0 Å². The van der Waals surface area contributed by atoms with Gasteiger partial charge in [-0.2, -0.15) is 0 Å². The number of piperidine rings is 1. The molecule has 3 rings (SSSR count). The standard InChI is InChI=1S/C15H20N4O/c20-15(18-12-4-3-8-16-10-12)7-9-19-11-17-13-5-1-2-6-14(13)19/h1-2,5-6,11-12,16H,3-4,7-10H2,(H,18,20). The third kappa shape index (κ3) is 2.99. The van der Waals surface area contributed by atoms with Gasteiger partial charge in [-0.1, -0.05) is 12.1 Å². The van der Waals surface area contributed by atoms with Crippen LogP contribution in [0.4, 0.5) is 0 Å². The van der Waals surface area contributed by atoms with Crippen molar-refractivity contribution in [2.45, 2.75) is 31.8 Å². The average molecular weight is 272 g/mol. The quantitative estimate of drug-likeness (QED) is 0.882. The lowest BCUT2D eigenvalue weighted by molar-refractivity contribution is -0.122. The van der Waals surface area contributed by atoms with Gasteiger partial charge in [0.25, 0.3) is 0 Å². The molecule has 0 aliphatic carbocycles. The highest BCUT2D eigenvalue weighted by atomic mass is 16.1.